The minimum absolute atomic E-state index is 0.137. The first-order valence-corrected chi connectivity index (χ1v) is 12.9. The highest BCUT2D eigenvalue weighted by atomic mass is 79.9. The summed E-state index contributed by atoms with van der Waals surface area (Å²) in [6.45, 7) is 5.97. The van der Waals surface area contributed by atoms with Gasteiger partial charge < -0.3 is 15.4 Å². The van der Waals surface area contributed by atoms with Crippen molar-refractivity contribution in [1.29, 1.82) is 0 Å². The highest BCUT2D eigenvalue weighted by Crippen LogP contribution is 2.50. The number of halogens is 2. The van der Waals surface area contributed by atoms with Crippen LogP contribution in [0, 0.1) is 19.8 Å². The van der Waals surface area contributed by atoms with Crippen molar-refractivity contribution in [2.24, 2.45) is 5.92 Å². The van der Waals surface area contributed by atoms with Crippen LogP contribution in [0.2, 0.25) is 0 Å². The van der Waals surface area contributed by atoms with Crippen molar-refractivity contribution in [1.82, 2.24) is 5.32 Å². The molecule has 5 rings (SSSR count). The number of hydrogen-bond donors (Lipinski definition) is 2. The number of hydrogen-bond acceptors (Lipinski definition) is 3. The lowest BCUT2D eigenvalue weighted by Gasteiger charge is -2.56. The SMILES string of the molecule is Cc1ccc(NC(=O)[C@H]2[C@@H]3NC(=S)N(c4ccc(Br)cc4)[C@@]2(C)Oc2ccc(Br)cc23)c(C)c1. The Balaban J connectivity index is 1.63. The van der Waals surface area contributed by atoms with Crippen molar-refractivity contribution >= 4 is 66.5 Å². The van der Waals surface area contributed by atoms with Gasteiger partial charge in [0.05, 0.1) is 6.04 Å². The van der Waals surface area contributed by atoms with E-state index >= 15 is 0 Å². The second-order valence-corrected chi connectivity index (χ2v) is 11.1. The number of aryl methyl sites for hydroxylation is 2. The number of carbonyl (C=O) groups excluding carboxylic acids is 1. The van der Waals surface area contributed by atoms with E-state index in [1.165, 1.54) is 0 Å². The summed E-state index contributed by atoms with van der Waals surface area (Å²) in [7, 11) is 0. The van der Waals surface area contributed by atoms with Gasteiger partial charge >= 0.3 is 0 Å². The first kappa shape index (κ1) is 23.3. The standard InChI is InChI=1S/C26H23Br2N3O2S/c1-14-4-10-20(15(2)12-14)29-24(32)22-23-19-13-17(28)7-11-21(19)33-26(22,3)31(25(34)30-23)18-8-5-16(27)6-9-18/h4-13,22-23H,1-3H3,(H,29,32)(H,30,34)/t22-,23-,26+/m1/s1. The van der Waals surface area contributed by atoms with E-state index in [9.17, 15) is 4.79 Å². The van der Waals surface area contributed by atoms with Gasteiger partial charge in [-0.1, -0.05) is 49.6 Å². The molecule has 5 nitrogen and oxygen atoms in total. The van der Waals surface area contributed by atoms with Crippen LogP contribution in [0.3, 0.4) is 0 Å². The van der Waals surface area contributed by atoms with Gasteiger partial charge in [0.25, 0.3) is 0 Å². The van der Waals surface area contributed by atoms with Crippen LogP contribution < -0.4 is 20.3 Å². The second-order valence-electron chi connectivity index (χ2n) is 8.86. The monoisotopic (exact) mass is 599 g/mol. The molecule has 2 aliphatic heterocycles. The summed E-state index contributed by atoms with van der Waals surface area (Å²) < 4.78 is 8.51. The number of benzene rings is 3. The van der Waals surface area contributed by atoms with Gasteiger partial charge in [0.15, 0.2) is 10.8 Å². The first-order valence-electron chi connectivity index (χ1n) is 10.9. The molecule has 34 heavy (non-hydrogen) atoms. The zero-order valence-corrected chi connectivity index (χ0v) is 22.8. The number of rotatable bonds is 3. The minimum Gasteiger partial charge on any atom is -0.467 e. The molecular formula is C26H23Br2N3O2S. The highest BCUT2D eigenvalue weighted by Gasteiger charge is 2.59. The predicted molar refractivity (Wildman–Crippen MR) is 146 cm³/mol. The Labute approximate surface area is 221 Å². The highest BCUT2D eigenvalue weighted by molar-refractivity contribution is 9.10. The van der Waals surface area contributed by atoms with Gasteiger partial charge in [-0.2, -0.15) is 0 Å². The number of amides is 1. The van der Waals surface area contributed by atoms with E-state index in [-0.39, 0.29) is 11.9 Å². The van der Waals surface area contributed by atoms with E-state index in [1.807, 2.05) is 80.3 Å². The summed E-state index contributed by atoms with van der Waals surface area (Å²) in [5.74, 6) is -0.00378. The maximum absolute atomic E-state index is 13.9. The number of nitrogens with zero attached hydrogens (tertiary/aromatic N) is 1. The average molecular weight is 601 g/mol. The van der Waals surface area contributed by atoms with E-state index in [1.54, 1.807) is 0 Å². The molecule has 8 heteroatoms. The van der Waals surface area contributed by atoms with Crippen LogP contribution in [0.25, 0.3) is 0 Å². The normalized spacial score (nSPS) is 23.0. The van der Waals surface area contributed by atoms with Gasteiger partial charge in [-0.05, 0) is 87.1 Å². The van der Waals surface area contributed by atoms with Crippen LogP contribution in [0.5, 0.6) is 5.75 Å². The lowest BCUT2D eigenvalue weighted by atomic mass is 9.78. The van der Waals surface area contributed by atoms with Crippen LogP contribution in [0.1, 0.15) is 29.7 Å². The molecule has 0 aromatic heterocycles. The summed E-state index contributed by atoms with van der Waals surface area (Å²) in [6, 6.07) is 19.3. The molecular weight excluding hydrogens is 578 g/mol. The number of ether oxygens (including phenoxy) is 1. The fourth-order valence-corrected chi connectivity index (χ4v) is 5.95. The number of nitrogens with one attached hydrogen (secondary N) is 2. The third kappa shape index (κ3) is 3.91. The van der Waals surface area contributed by atoms with Gasteiger partial charge in [-0.3, -0.25) is 9.69 Å². The molecule has 2 bridgehead atoms. The minimum atomic E-state index is -1.05. The van der Waals surface area contributed by atoms with E-state index < -0.39 is 11.6 Å². The molecule has 0 aliphatic carbocycles. The Bertz CT molecular complexity index is 1310. The molecule has 0 saturated carbocycles. The maximum Gasteiger partial charge on any atom is 0.236 e. The van der Waals surface area contributed by atoms with Gasteiger partial charge in [0.1, 0.15) is 11.7 Å². The molecule has 1 amide bonds. The zero-order valence-electron chi connectivity index (χ0n) is 18.9. The van der Waals surface area contributed by atoms with Gasteiger partial charge in [-0.25, -0.2) is 0 Å². The van der Waals surface area contributed by atoms with Crippen molar-refractivity contribution in [3.05, 3.63) is 86.3 Å². The molecule has 3 aromatic carbocycles. The number of anilines is 2. The summed E-state index contributed by atoms with van der Waals surface area (Å²) in [4.78, 5) is 15.8. The van der Waals surface area contributed by atoms with Crippen molar-refractivity contribution in [2.45, 2.75) is 32.5 Å². The number of thiocarbonyl (C=S) groups is 1. The summed E-state index contributed by atoms with van der Waals surface area (Å²) in [5, 5.41) is 7.11. The van der Waals surface area contributed by atoms with Crippen molar-refractivity contribution in [2.75, 3.05) is 10.2 Å². The van der Waals surface area contributed by atoms with Crippen LogP contribution in [0.4, 0.5) is 11.4 Å². The first-order chi connectivity index (χ1) is 16.2. The lowest BCUT2D eigenvalue weighted by molar-refractivity contribution is -0.130. The quantitative estimate of drug-likeness (QED) is 0.331. The molecule has 0 radical (unpaired) electrons. The molecule has 2 N–H and O–H groups in total. The Kier molecular flexibility index (Phi) is 5.94. The van der Waals surface area contributed by atoms with Crippen LogP contribution >= 0.6 is 44.1 Å². The molecule has 0 spiro atoms. The zero-order chi connectivity index (χ0) is 24.2. The number of carbonyl (C=O) groups is 1. The van der Waals surface area contributed by atoms with Crippen molar-refractivity contribution in [3.8, 4) is 5.75 Å². The smallest absolute Gasteiger partial charge is 0.236 e. The fraction of sp³-hybridized carbons (Fsp3) is 0.231. The van der Waals surface area contributed by atoms with E-state index in [0.717, 1.165) is 42.8 Å². The fourth-order valence-electron chi connectivity index (χ4n) is 4.90. The van der Waals surface area contributed by atoms with Crippen LogP contribution in [0.15, 0.2) is 69.6 Å². The van der Waals surface area contributed by atoms with Crippen LogP contribution in [-0.2, 0) is 4.79 Å². The second kappa shape index (κ2) is 8.66. The van der Waals surface area contributed by atoms with Crippen molar-refractivity contribution < 1.29 is 9.53 Å². The van der Waals surface area contributed by atoms with Crippen LogP contribution in [-0.4, -0.2) is 16.7 Å². The average Bonchev–Trinajstić information content (AvgIpc) is 2.77. The van der Waals surface area contributed by atoms with E-state index in [2.05, 4.69) is 48.6 Å². The molecule has 0 unspecified atom stereocenters. The Hall–Kier alpha value is -2.42. The maximum atomic E-state index is 13.9. The lowest BCUT2D eigenvalue weighted by Crippen LogP contribution is -2.72. The van der Waals surface area contributed by atoms with Gasteiger partial charge in [0.2, 0.25) is 5.91 Å². The largest absolute Gasteiger partial charge is 0.467 e. The molecule has 3 atom stereocenters. The summed E-state index contributed by atoms with van der Waals surface area (Å²) in [5.41, 5.74) is 3.63. The predicted octanol–water partition coefficient (Wildman–Crippen LogP) is 6.63. The topological polar surface area (TPSA) is 53.6 Å². The Morgan fingerprint density at radius 3 is 2.47 bits per heavy atom. The van der Waals surface area contributed by atoms with Gasteiger partial charge in [-0.15, -0.1) is 0 Å². The molecule has 1 saturated heterocycles. The molecule has 174 valence electrons. The van der Waals surface area contributed by atoms with E-state index in [4.69, 9.17) is 17.0 Å². The summed E-state index contributed by atoms with van der Waals surface area (Å²) >= 11 is 12.9. The Morgan fingerprint density at radius 2 is 1.76 bits per heavy atom. The van der Waals surface area contributed by atoms with Crippen molar-refractivity contribution in [3.63, 3.8) is 0 Å². The van der Waals surface area contributed by atoms with Gasteiger partial charge in [0, 0.05) is 25.9 Å². The molecule has 2 heterocycles. The Morgan fingerprint density at radius 1 is 1.06 bits per heavy atom. The molecule has 2 aliphatic rings. The molecule has 3 aromatic rings. The third-order valence-corrected chi connectivity index (χ3v) is 7.79. The third-order valence-electron chi connectivity index (χ3n) is 6.47. The van der Waals surface area contributed by atoms with E-state index in [0.29, 0.717) is 5.11 Å². The number of fused-ring (bicyclic) bond motifs is 4. The summed E-state index contributed by atoms with van der Waals surface area (Å²) in [6.07, 6.45) is 0. The molecule has 1 fully saturated rings.